The molecule has 1 aromatic carbocycles. The lowest BCUT2D eigenvalue weighted by Crippen LogP contribution is -2.14. The average molecular weight is 311 g/mol. The van der Waals surface area contributed by atoms with Crippen molar-refractivity contribution in [3.05, 3.63) is 46.9 Å². The molecule has 0 radical (unpaired) electrons. The summed E-state index contributed by atoms with van der Waals surface area (Å²) in [5.74, 6) is -2.04. The van der Waals surface area contributed by atoms with Gasteiger partial charge in [0.2, 0.25) is 0 Å². The zero-order valence-corrected chi connectivity index (χ0v) is 11.8. The second-order valence-electron chi connectivity index (χ2n) is 4.64. The standard InChI is InChI=1S/C14H15F2N3O3/c1-8-5-10(22-19-8)3-2-4-21-13-11(15)6-9(7-12(13)16)14(17)18-20/h5-7,20H,2-4H2,1H3,(H2,17,18). The van der Waals surface area contributed by atoms with E-state index in [0.717, 1.165) is 17.8 Å². The van der Waals surface area contributed by atoms with Crippen molar-refractivity contribution in [2.24, 2.45) is 10.9 Å². The van der Waals surface area contributed by atoms with Crippen LogP contribution in [0.5, 0.6) is 5.75 Å². The zero-order chi connectivity index (χ0) is 16.1. The maximum atomic E-state index is 13.8. The molecule has 22 heavy (non-hydrogen) atoms. The van der Waals surface area contributed by atoms with Gasteiger partial charge in [-0.25, -0.2) is 8.78 Å². The second kappa shape index (κ2) is 6.88. The van der Waals surface area contributed by atoms with Crippen LogP contribution in [0.25, 0.3) is 0 Å². The lowest BCUT2D eigenvalue weighted by atomic mass is 10.2. The second-order valence-corrected chi connectivity index (χ2v) is 4.64. The van der Waals surface area contributed by atoms with E-state index in [1.807, 2.05) is 0 Å². The molecular weight excluding hydrogens is 296 g/mol. The fourth-order valence-electron chi connectivity index (χ4n) is 1.86. The van der Waals surface area contributed by atoms with Gasteiger partial charge in [0.1, 0.15) is 5.76 Å². The van der Waals surface area contributed by atoms with Gasteiger partial charge < -0.3 is 20.2 Å². The predicted molar refractivity (Wildman–Crippen MR) is 73.9 cm³/mol. The fourth-order valence-corrected chi connectivity index (χ4v) is 1.86. The Bertz CT molecular complexity index is 663. The van der Waals surface area contributed by atoms with Crippen molar-refractivity contribution in [2.75, 3.05) is 6.61 Å². The first-order chi connectivity index (χ1) is 10.5. The number of aryl methyl sites for hydroxylation is 2. The molecule has 2 rings (SSSR count). The van der Waals surface area contributed by atoms with E-state index in [-0.39, 0.29) is 18.0 Å². The first-order valence-electron chi connectivity index (χ1n) is 6.53. The number of hydrogen-bond acceptors (Lipinski definition) is 5. The number of nitrogens with two attached hydrogens (primary N) is 1. The van der Waals surface area contributed by atoms with E-state index in [1.54, 1.807) is 13.0 Å². The highest BCUT2D eigenvalue weighted by Gasteiger charge is 2.14. The predicted octanol–water partition coefficient (Wildman–Crippen LogP) is 2.37. The first kappa shape index (κ1) is 15.7. The van der Waals surface area contributed by atoms with Crippen LogP contribution in [0.1, 0.15) is 23.4 Å². The Kier molecular flexibility index (Phi) is 4.92. The Labute approximate surface area is 125 Å². The van der Waals surface area contributed by atoms with Gasteiger partial charge in [-0.15, -0.1) is 0 Å². The molecule has 118 valence electrons. The largest absolute Gasteiger partial charge is 0.488 e. The molecule has 0 unspecified atom stereocenters. The number of hydrogen-bond donors (Lipinski definition) is 2. The molecule has 0 aliphatic rings. The summed E-state index contributed by atoms with van der Waals surface area (Å²) in [7, 11) is 0. The molecule has 8 heteroatoms. The van der Waals surface area contributed by atoms with Crippen LogP contribution in [-0.4, -0.2) is 22.8 Å². The van der Waals surface area contributed by atoms with Gasteiger partial charge in [-0.3, -0.25) is 0 Å². The molecular formula is C14H15F2N3O3. The third kappa shape index (κ3) is 3.72. The van der Waals surface area contributed by atoms with E-state index in [9.17, 15) is 8.78 Å². The summed E-state index contributed by atoms with van der Waals surface area (Å²) in [5, 5.41) is 14.9. The van der Waals surface area contributed by atoms with E-state index >= 15 is 0 Å². The molecule has 1 aromatic heterocycles. The number of benzene rings is 1. The highest BCUT2D eigenvalue weighted by atomic mass is 19.1. The molecule has 0 atom stereocenters. The highest BCUT2D eigenvalue weighted by molar-refractivity contribution is 5.97. The molecule has 0 aliphatic carbocycles. The molecule has 0 saturated carbocycles. The topological polar surface area (TPSA) is 93.9 Å². The zero-order valence-electron chi connectivity index (χ0n) is 11.8. The number of oxime groups is 1. The smallest absolute Gasteiger partial charge is 0.190 e. The molecule has 0 saturated heterocycles. The summed E-state index contributed by atoms with van der Waals surface area (Å²) in [6, 6.07) is 3.66. The molecule has 0 spiro atoms. The lowest BCUT2D eigenvalue weighted by Gasteiger charge is -2.09. The first-order valence-corrected chi connectivity index (χ1v) is 6.53. The van der Waals surface area contributed by atoms with Crippen molar-refractivity contribution < 1.29 is 23.2 Å². The Morgan fingerprint density at radius 3 is 2.59 bits per heavy atom. The summed E-state index contributed by atoms with van der Waals surface area (Å²) in [5.41, 5.74) is 5.98. The molecule has 6 nitrogen and oxygen atoms in total. The maximum Gasteiger partial charge on any atom is 0.190 e. The number of amidine groups is 1. The van der Waals surface area contributed by atoms with E-state index in [2.05, 4.69) is 10.3 Å². The Hall–Kier alpha value is -2.64. The molecule has 2 aromatic rings. The van der Waals surface area contributed by atoms with Gasteiger partial charge >= 0.3 is 0 Å². The summed E-state index contributed by atoms with van der Waals surface area (Å²) in [6.45, 7) is 1.91. The van der Waals surface area contributed by atoms with Crippen molar-refractivity contribution in [3.8, 4) is 5.75 Å². The Morgan fingerprint density at radius 2 is 2.05 bits per heavy atom. The third-order valence-electron chi connectivity index (χ3n) is 2.89. The van der Waals surface area contributed by atoms with Gasteiger partial charge in [-0.2, -0.15) is 0 Å². The average Bonchev–Trinajstić information content (AvgIpc) is 2.90. The number of aromatic nitrogens is 1. The van der Waals surface area contributed by atoms with Crippen molar-refractivity contribution >= 4 is 5.84 Å². The monoisotopic (exact) mass is 311 g/mol. The van der Waals surface area contributed by atoms with Crippen LogP contribution in [0.2, 0.25) is 0 Å². The minimum absolute atomic E-state index is 0.0676. The van der Waals surface area contributed by atoms with Crippen LogP contribution >= 0.6 is 0 Å². The summed E-state index contributed by atoms with van der Waals surface area (Å²) in [4.78, 5) is 0. The number of rotatable bonds is 6. The van der Waals surface area contributed by atoms with E-state index < -0.39 is 17.4 Å². The van der Waals surface area contributed by atoms with Crippen molar-refractivity contribution in [3.63, 3.8) is 0 Å². The van der Waals surface area contributed by atoms with E-state index in [0.29, 0.717) is 18.6 Å². The van der Waals surface area contributed by atoms with Crippen LogP contribution in [0, 0.1) is 18.6 Å². The third-order valence-corrected chi connectivity index (χ3v) is 2.89. The van der Waals surface area contributed by atoms with Gasteiger partial charge in [0, 0.05) is 18.1 Å². The van der Waals surface area contributed by atoms with Crippen molar-refractivity contribution in [1.29, 1.82) is 0 Å². The van der Waals surface area contributed by atoms with Crippen molar-refractivity contribution in [1.82, 2.24) is 5.16 Å². The fraction of sp³-hybridized carbons (Fsp3) is 0.286. The van der Waals surface area contributed by atoms with Gasteiger partial charge in [-0.05, 0) is 25.5 Å². The van der Waals surface area contributed by atoms with Crippen LogP contribution in [0.3, 0.4) is 0 Å². The number of ether oxygens (including phenoxy) is 1. The lowest BCUT2D eigenvalue weighted by molar-refractivity contribution is 0.273. The normalized spacial score (nSPS) is 11.7. The summed E-state index contributed by atoms with van der Waals surface area (Å²) in [6.07, 6.45) is 1.06. The minimum Gasteiger partial charge on any atom is -0.488 e. The minimum atomic E-state index is -0.919. The van der Waals surface area contributed by atoms with Crippen molar-refractivity contribution in [2.45, 2.75) is 19.8 Å². The van der Waals surface area contributed by atoms with Gasteiger partial charge in [-0.1, -0.05) is 10.3 Å². The van der Waals surface area contributed by atoms with Crippen LogP contribution in [0.15, 0.2) is 27.9 Å². The Morgan fingerprint density at radius 1 is 1.36 bits per heavy atom. The summed E-state index contributed by atoms with van der Waals surface area (Å²) >= 11 is 0. The molecule has 0 amide bonds. The van der Waals surface area contributed by atoms with Crippen LogP contribution in [0.4, 0.5) is 8.78 Å². The summed E-state index contributed by atoms with van der Waals surface area (Å²) < 4.78 is 37.7. The molecule has 0 aliphatic heterocycles. The van der Waals surface area contributed by atoms with Crippen LogP contribution < -0.4 is 10.5 Å². The van der Waals surface area contributed by atoms with Crippen LogP contribution in [-0.2, 0) is 6.42 Å². The number of halogens is 2. The van der Waals surface area contributed by atoms with E-state index in [4.69, 9.17) is 20.2 Å². The number of nitrogens with zero attached hydrogens (tertiary/aromatic N) is 2. The van der Waals surface area contributed by atoms with Gasteiger partial charge in [0.25, 0.3) is 0 Å². The van der Waals surface area contributed by atoms with Gasteiger partial charge in [0.05, 0.1) is 12.3 Å². The molecule has 1 heterocycles. The molecule has 0 bridgehead atoms. The SMILES string of the molecule is Cc1cc(CCCOc2c(F)cc(C(N)=NO)cc2F)on1. The maximum absolute atomic E-state index is 13.8. The van der Waals surface area contributed by atoms with E-state index in [1.165, 1.54) is 0 Å². The van der Waals surface area contributed by atoms with Gasteiger partial charge in [0.15, 0.2) is 23.2 Å². The quantitative estimate of drug-likeness (QED) is 0.281. The highest BCUT2D eigenvalue weighted by Crippen LogP contribution is 2.23. The molecule has 0 fully saturated rings. The Balaban J connectivity index is 1.95. The molecule has 3 N–H and O–H groups in total.